The van der Waals surface area contributed by atoms with Crippen LogP contribution in [0.15, 0.2) is 12.1 Å². The Bertz CT molecular complexity index is 433. The minimum absolute atomic E-state index is 0.243. The minimum atomic E-state index is 0.243. The topological polar surface area (TPSA) is 30.5 Å². The van der Waals surface area contributed by atoms with Crippen LogP contribution >= 0.6 is 11.6 Å². The number of rotatable bonds is 8. The van der Waals surface area contributed by atoms with Gasteiger partial charge in [0.2, 0.25) is 0 Å². The Kier molecular flexibility index (Phi) is 6.63. The Balaban J connectivity index is 2.77. The van der Waals surface area contributed by atoms with E-state index in [0.717, 1.165) is 42.3 Å². The van der Waals surface area contributed by atoms with Gasteiger partial charge in [-0.2, -0.15) is 0 Å². The first-order chi connectivity index (χ1) is 9.43. The first kappa shape index (κ1) is 17.1. The summed E-state index contributed by atoms with van der Waals surface area (Å²) in [5.74, 6) is 1.41. The molecule has 0 bridgehead atoms. The van der Waals surface area contributed by atoms with Crippen molar-refractivity contribution in [1.29, 1.82) is 0 Å². The van der Waals surface area contributed by atoms with Crippen LogP contribution in [-0.2, 0) is 6.42 Å². The normalized spacial score (nSPS) is 11.5. The second-order valence-corrected chi connectivity index (χ2v) is 6.15. The molecule has 4 heteroatoms. The van der Waals surface area contributed by atoms with Crippen LogP contribution < -0.4 is 14.8 Å². The van der Waals surface area contributed by atoms with E-state index in [2.05, 4.69) is 26.1 Å². The van der Waals surface area contributed by atoms with Crippen molar-refractivity contribution < 1.29 is 9.47 Å². The van der Waals surface area contributed by atoms with Crippen LogP contribution in [0.25, 0.3) is 0 Å². The van der Waals surface area contributed by atoms with Gasteiger partial charge in [0.1, 0.15) is 0 Å². The average Bonchev–Trinajstić information content (AvgIpc) is 2.43. The van der Waals surface area contributed by atoms with Crippen molar-refractivity contribution in [3.63, 3.8) is 0 Å². The highest BCUT2D eigenvalue weighted by atomic mass is 35.5. The van der Waals surface area contributed by atoms with Crippen LogP contribution in [-0.4, -0.2) is 27.3 Å². The van der Waals surface area contributed by atoms with E-state index in [-0.39, 0.29) is 5.41 Å². The van der Waals surface area contributed by atoms with Gasteiger partial charge in [0.25, 0.3) is 0 Å². The first-order valence-electron chi connectivity index (χ1n) is 7.04. The summed E-state index contributed by atoms with van der Waals surface area (Å²) in [5, 5.41) is 4.14. The second-order valence-electron chi connectivity index (χ2n) is 5.74. The molecule has 0 saturated carbocycles. The van der Waals surface area contributed by atoms with Crippen LogP contribution in [0.2, 0.25) is 5.02 Å². The number of methoxy groups -OCH3 is 2. The molecule has 0 atom stereocenters. The van der Waals surface area contributed by atoms with Crippen molar-refractivity contribution >= 4 is 11.6 Å². The Morgan fingerprint density at radius 1 is 1.15 bits per heavy atom. The van der Waals surface area contributed by atoms with E-state index in [1.165, 1.54) is 0 Å². The van der Waals surface area contributed by atoms with E-state index in [9.17, 15) is 0 Å². The molecule has 0 heterocycles. The number of hydrogen-bond acceptors (Lipinski definition) is 3. The summed E-state index contributed by atoms with van der Waals surface area (Å²) in [6.07, 6.45) is 1.99. The van der Waals surface area contributed by atoms with E-state index >= 15 is 0 Å². The first-order valence-corrected chi connectivity index (χ1v) is 7.42. The van der Waals surface area contributed by atoms with Gasteiger partial charge >= 0.3 is 0 Å². The fourth-order valence-corrected chi connectivity index (χ4v) is 2.36. The summed E-state index contributed by atoms with van der Waals surface area (Å²) in [5.41, 5.74) is 1.35. The highest BCUT2D eigenvalue weighted by molar-refractivity contribution is 6.31. The predicted molar refractivity (Wildman–Crippen MR) is 85.2 cm³/mol. The quantitative estimate of drug-likeness (QED) is 0.789. The molecule has 0 radical (unpaired) electrons. The maximum atomic E-state index is 6.32. The van der Waals surface area contributed by atoms with Crippen LogP contribution in [0, 0.1) is 5.41 Å². The molecule has 3 nitrogen and oxygen atoms in total. The smallest absolute Gasteiger partial charge is 0.162 e. The van der Waals surface area contributed by atoms with Gasteiger partial charge in [-0.3, -0.25) is 0 Å². The summed E-state index contributed by atoms with van der Waals surface area (Å²) >= 11 is 6.32. The lowest BCUT2D eigenvalue weighted by atomic mass is 9.86. The molecule has 1 aromatic rings. The van der Waals surface area contributed by atoms with Crippen molar-refractivity contribution in [3.8, 4) is 11.5 Å². The highest BCUT2D eigenvalue weighted by Crippen LogP contribution is 2.34. The fourth-order valence-electron chi connectivity index (χ4n) is 2.11. The zero-order valence-electron chi connectivity index (χ0n) is 13.2. The molecule has 1 N–H and O–H groups in total. The van der Waals surface area contributed by atoms with Crippen molar-refractivity contribution in [2.24, 2.45) is 5.41 Å². The number of hydrogen-bond donors (Lipinski definition) is 1. The molecular formula is C16H26ClNO2. The van der Waals surface area contributed by atoms with E-state index in [4.69, 9.17) is 21.1 Å². The fraction of sp³-hybridized carbons (Fsp3) is 0.625. The molecule has 0 aliphatic carbocycles. The molecule has 0 aliphatic rings. The van der Waals surface area contributed by atoms with Gasteiger partial charge < -0.3 is 14.8 Å². The SMILES string of the molecule is CCNCC(C)(C)CCc1cc(OC)c(OC)cc1Cl. The maximum absolute atomic E-state index is 6.32. The molecule has 1 rings (SSSR count). The molecule has 0 saturated heterocycles. The lowest BCUT2D eigenvalue weighted by Gasteiger charge is -2.25. The number of aryl methyl sites for hydroxylation is 1. The van der Waals surface area contributed by atoms with Gasteiger partial charge in [-0.25, -0.2) is 0 Å². The summed E-state index contributed by atoms with van der Waals surface area (Å²) in [7, 11) is 3.26. The molecule has 0 spiro atoms. The minimum Gasteiger partial charge on any atom is -0.493 e. The summed E-state index contributed by atoms with van der Waals surface area (Å²) in [6, 6.07) is 3.80. The van der Waals surface area contributed by atoms with Gasteiger partial charge in [-0.15, -0.1) is 0 Å². The van der Waals surface area contributed by atoms with E-state index < -0.39 is 0 Å². The summed E-state index contributed by atoms with van der Waals surface area (Å²) in [6.45, 7) is 8.67. The molecule has 0 unspecified atom stereocenters. The number of benzene rings is 1. The third-order valence-electron chi connectivity index (χ3n) is 3.48. The van der Waals surface area contributed by atoms with E-state index in [1.807, 2.05) is 12.1 Å². The Hall–Kier alpha value is -0.930. The largest absolute Gasteiger partial charge is 0.493 e. The van der Waals surface area contributed by atoms with Crippen LogP contribution in [0.5, 0.6) is 11.5 Å². The standard InChI is InChI=1S/C16H26ClNO2/c1-6-18-11-16(2,3)8-7-12-9-14(19-4)15(20-5)10-13(12)17/h9-10,18H,6-8,11H2,1-5H3. The molecule has 0 amide bonds. The molecule has 20 heavy (non-hydrogen) atoms. The lowest BCUT2D eigenvalue weighted by Crippen LogP contribution is -2.29. The van der Waals surface area contributed by atoms with Crippen molar-refractivity contribution in [2.45, 2.75) is 33.6 Å². The van der Waals surface area contributed by atoms with E-state index in [1.54, 1.807) is 14.2 Å². The maximum Gasteiger partial charge on any atom is 0.162 e. The monoisotopic (exact) mass is 299 g/mol. The molecule has 0 aliphatic heterocycles. The number of ether oxygens (including phenoxy) is 2. The van der Waals surface area contributed by atoms with Crippen LogP contribution in [0.4, 0.5) is 0 Å². The van der Waals surface area contributed by atoms with E-state index in [0.29, 0.717) is 5.75 Å². The highest BCUT2D eigenvalue weighted by Gasteiger charge is 2.18. The number of halogens is 1. The van der Waals surface area contributed by atoms with Gasteiger partial charge in [0, 0.05) is 17.6 Å². The summed E-state index contributed by atoms with van der Waals surface area (Å²) < 4.78 is 10.6. The second kappa shape index (κ2) is 7.75. The zero-order valence-corrected chi connectivity index (χ0v) is 13.9. The van der Waals surface area contributed by atoms with Gasteiger partial charge in [-0.05, 0) is 36.4 Å². The van der Waals surface area contributed by atoms with Gasteiger partial charge in [0.05, 0.1) is 14.2 Å². The Morgan fingerprint density at radius 2 is 1.75 bits per heavy atom. The predicted octanol–water partition coefficient (Wildman–Crippen LogP) is 3.93. The third kappa shape index (κ3) is 4.88. The average molecular weight is 300 g/mol. The van der Waals surface area contributed by atoms with Crippen LogP contribution in [0.3, 0.4) is 0 Å². The molecule has 0 aromatic heterocycles. The molecule has 1 aromatic carbocycles. The molecule has 114 valence electrons. The Labute approximate surface area is 127 Å². The van der Waals surface area contributed by atoms with Crippen molar-refractivity contribution in [3.05, 3.63) is 22.7 Å². The Morgan fingerprint density at radius 3 is 2.30 bits per heavy atom. The van der Waals surface area contributed by atoms with Crippen LogP contribution in [0.1, 0.15) is 32.8 Å². The van der Waals surface area contributed by atoms with Crippen molar-refractivity contribution in [1.82, 2.24) is 5.32 Å². The third-order valence-corrected chi connectivity index (χ3v) is 3.83. The lowest BCUT2D eigenvalue weighted by molar-refractivity contribution is 0.317. The summed E-state index contributed by atoms with van der Waals surface area (Å²) in [4.78, 5) is 0. The molecule has 0 fully saturated rings. The van der Waals surface area contributed by atoms with Gasteiger partial charge in [0.15, 0.2) is 11.5 Å². The zero-order chi connectivity index (χ0) is 15.2. The van der Waals surface area contributed by atoms with Crippen molar-refractivity contribution in [2.75, 3.05) is 27.3 Å². The molecular weight excluding hydrogens is 274 g/mol. The number of nitrogens with one attached hydrogen (secondary N) is 1. The van der Waals surface area contributed by atoms with Gasteiger partial charge in [-0.1, -0.05) is 32.4 Å².